The molecule has 0 spiro atoms. The Morgan fingerprint density at radius 2 is 1.54 bits per heavy atom. The van der Waals surface area contributed by atoms with E-state index in [4.69, 9.17) is 23.7 Å². The molecule has 35 heavy (non-hydrogen) atoms. The zero-order chi connectivity index (χ0) is 25.3. The lowest BCUT2D eigenvalue weighted by Crippen LogP contribution is -2.45. The molecule has 0 bridgehead atoms. The quantitative estimate of drug-likeness (QED) is 0.338. The van der Waals surface area contributed by atoms with Gasteiger partial charge in [-0.1, -0.05) is 6.07 Å². The van der Waals surface area contributed by atoms with E-state index in [1.165, 1.54) is 0 Å². The third-order valence-electron chi connectivity index (χ3n) is 6.26. The average Bonchev–Trinajstić information content (AvgIpc) is 2.84. The summed E-state index contributed by atoms with van der Waals surface area (Å²) in [6.45, 7) is 6.02. The van der Waals surface area contributed by atoms with Gasteiger partial charge in [-0.25, -0.2) is 4.79 Å². The summed E-state index contributed by atoms with van der Waals surface area (Å²) in [5.74, 6) is 2.07. The lowest BCUT2D eigenvalue weighted by molar-refractivity contribution is 0.0164. The number of carbonyl (C=O) groups excluding carboxylic acids is 1. The Morgan fingerprint density at radius 3 is 2.14 bits per heavy atom. The van der Waals surface area contributed by atoms with Crippen LogP contribution in [-0.2, 0) is 22.4 Å². The molecule has 0 N–H and O–H groups in total. The monoisotopic (exact) mass is 479 g/mol. The normalized spacial score (nSPS) is 15.9. The maximum Gasteiger partial charge on any atom is 0.411 e. The Morgan fingerprint density at radius 1 is 0.886 bits per heavy atom. The minimum atomic E-state index is -0.602. The zero-order valence-corrected chi connectivity index (χ0v) is 21.4. The van der Waals surface area contributed by atoms with Crippen molar-refractivity contribution in [3.8, 4) is 17.2 Å². The summed E-state index contributed by atoms with van der Waals surface area (Å²) in [4.78, 5) is 15.0. The number of hydrogen-bond donors (Lipinski definition) is 0. The predicted octanol–water partition coefficient (Wildman–Crippen LogP) is 5.84. The van der Waals surface area contributed by atoms with Crippen molar-refractivity contribution in [2.24, 2.45) is 0 Å². The highest BCUT2D eigenvalue weighted by Crippen LogP contribution is 2.43. The van der Waals surface area contributed by atoms with Gasteiger partial charge in [0.25, 0.3) is 0 Å². The van der Waals surface area contributed by atoms with E-state index in [0.717, 1.165) is 38.4 Å². The molecule has 1 aliphatic heterocycles. The van der Waals surface area contributed by atoms with E-state index >= 15 is 0 Å². The van der Waals surface area contributed by atoms with Crippen LogP contribution in [0.5, 0.6) is 17.2 Å². The highest BCUT2D eigenvalue weighted by Gasteiger charge is 2.34. The molecule has 0 radical (unpaired) electrons. The number of ether oxygens (including phenoxy) is 5. The summed E-state index contributed by atoms with van der Waals surface area (Å²) in [6.07, 6.45) is 3.76. The number of amides is 1. The standard InChI is InChI=1S/C28H33NO6/c1-28(2,3)35-27(30)29-16-24-19-9-8-18(32-5)13-21(19)23-15-26(34-7)25(33-6)14-22(23)20(24)12-17(29)10-11-31-4/h8-11,13-15,17H,12,16H2,1-7H3/b11-10+/t17-/m1/s1. The molecule has 1 aliphatic rings. The Bertz CT molecular complexity index is 1290. The fraction of sp³-hybridized carbons (Fsp3) is 0.393. The fourth-order valence-electron chi connectivity index (χ4n) is 4.70. The van der Waals surface area contributed by atoms with Crippen LogP contribution in [0.3, 0.4) is 0 Å². The van der Waals surface area contributed by atoms with Gasteiger partial charge in [-0.05, 0) is 90.2 Å². The third-order valence-corrected chi connectivity index (χ3v) is 6.26. The fourth-order valence-corrected chi connectivity index (χ4v) is 4.70. The van der Waals surface area contributed by atoms with Gasteiger partial charge < -0.3 is 23.7 Å². The van der Waals surface area contributed by atoms with Crippen LogP contribution in [0.4, 0.5) is 4.79 Å². The van der Waals surface area contributed by atoms with Gasteiger partial charge in [0, 0.05) is 0 Å². The summed E-state index contributed by atoms with van der Waals surface area (Å²) in [7, 11) is 6.52. The largest absolute Gasteiger partial charge is 0.505 e. The van der Waals surface area contributed by atoms with Crippen molar-refractivity contribution in [2.75, 3.05) is 28.4 Å². The molecule has 1 atom stereocenters. The van der Waals surface area contributed by atoms with Crippen LogP contribution >= 0.6 is 0 Å². The van der Waals surface area contributed by atoms with E-state index in [2.05, 4.69) is 6.07 Å². The highest BCUT2D eigenvalue weighted by molar-refractivity contribution is 6.12. The molecule has 4 rings (SSSR count). The van der Waals surface area contributed by atoms with Crippen LogP contribution in [0.15, 0.2) is 42.7 Å². The van der Waals surface area contributed by atoms with E-state index in [1.807, 2.05) is 51.1 Å². The molecule has 7 heteroatoms. The Balaban J connectivity index is 2.00. The van der Waals surface area contributed by atoms with Gasteiger partial charge in [0.1, 0.15) is 11.4 Å². The van der Waals surface area contributed by atoms with Gasteiger partial charge in [0.15, 0.2) is 11.5 Å². The van der Waals surface area contributed by atoms with E-state index in [0.29, 0.717) is 24.5 Å². The van der Waals surface area contributed by atoms with Crippen molar-refractivity contribution in [1.29, 1.82) is 0 Å². The molecule has 3 aromatic carbocycles. The number of nitrogens with zero attached hydrogens (tertiary/aromatic N) is 1. The highest BCUT2D eigenvalue weighted by atomic mass is 16.6. The average molecular weight is 480 g/mol. The van der Waals surface area contributed by atoms with Crippen molar-refractivity contribution in [3.63, 3.8) is 0 Å². The Labute approximate surface area is 206 Å². The number of fused-ring (bicyclic) bond motifs is 6. The summed E-state index contributed by atoms with van der Waals surface area (Å²) >= 11 is 0. The van der Waals surface area contributed by atoms with Crippen LogP contribution in [0.2, 0.25) is 0 Å². The lowest BCUT2D eigenvalue weighted by atomic mass is 9.85. The van der Waals surface area contributed by atoms with Gasteiger partial charge >= 0.3 is 6.09 Å². The first-order chi connectivity index (χ1) is 16.7. The van der Waals surface area contributed by atoms with Gasteiger partial charge in [0.2, 0.25) is 0 Å². The van der Waals surface area contributed by atoms with E-state index in [9.17, 15) is 4.79 Å². The zero-order valence-electron chi connectivity index (χ0n) is 21.4. The molecule has 7 nitrogen and oxygen atoms in total. The van der Waals surface area contributed by atoms with Gasteiger partial charge in [-0.2, -0.15) is 0 Å². The molecule has 0 fully saturated rings. The van der Waals surface area contributed by atoms with E-state index in [-0.39, 0.29) is 12.1 Å². The van der Waals surface area contributed by atoms with Crippen LogP contribution in [0.25, 0.3) is 21.5 Å². The van der Waals surface area contributed by atoms with E-state index < -0.39 is 5.60 Å². The van der Waals surface area contributed by atoms with Crippen LogP contribution in [-0.4, -0.2) is 51.1 Å². The molecule has 186 valence electrons. The molecule has 0 unspecified atom stereocenters. The Kier molecular flexibility index (Phi) is 6.70. The maximum absolute atomic E-state index is 13.3. The summed E-state index contributed by atoms with van der Waals surface area (Å²) in [6, 6.07) is 9.83. The topological polar surface area (TPSA) is 66.5 Å². The first-order valence-electron chi connectivity index (χ1n) is 11.6. The summed E-state index contributed by atoms with van der Waals surface area (Å²) < 4.78 is 27.7. The maximum atomic E-state index is 13.3. The summed E-state index contributed by atoms with van der Waals surface area (Å²) in [5.41, 5.74) is 1.63. The first-order valence-corrected chi connectivity index (χ1v) is 11.6. The first kappa shape index (κ1) is 24.5. The molecule has 0 saturated carbocycles. The molecule has 0 saturated heterocycles. The van der Waals surface area contributed by atoms with Gasteiger partial charge in [-0.3, -0.25) is 4.90 Å². The second-order valence-electron chi connectivity index (χ2n) is 9.57. The lowest BCUT2D eigenvalue weighted by Gasteiger charge is -2.37. The van der Waals surface area contributed by atoms with Gasteiger partial charge in [0.05, 0.1) is 47.3 Å². The molecule has 1 heterocycles. The van der Waals surface area contributed by atoms with Crippen LogP contribution in [0.1, 0.15) is 31.9 Å². The van der Waals surface area contributed by atoms with Gasteiger partial charge in [-0.15, -0.1) is 0 Å². The molecule has 0 aliphatic carbocycles. The van der Waals surface area contributed by atoms with Crippen molar-refractivity contribution >= 4 is 27.6 Å². The smallest absolute Gasteiger partial charge is 0.411 e. The Hall–Kier alpha value is -3.61. The minimum absolute atomic E-state index is 0.232. The second kappa shape index (κ2) is 9.56. The van der Waals surface area contributed by atoms with Crippen LogP contribution < -0.4 is 14.2 Å². The predicted molar refractivity (Wildman–Crippen MR) is 137 cm³/mol. The molecule has 1 amide bonds. The number of methoxy groups -OCH3 is 4. The molecular formula is C28H33NO6. The van der Waals surface area contributed by atoms with Crippen LogP contribution in [0, 0.1) is 0 Å². The molecular weight excluding hydrogens is 446 g/mol. The third kappa shape index (κ3) is 4.67. The number of carbonyl (C=O) groups is 1. The number of rotatable bonds is 5. The van der Waals surface area contributed by atoms with Crippen molar-refractivity contribution in [2.45, 2.75) is 45.4 Å². The minimum Gasteiger partial charge on any atom is -0.505 e. The van der Waals surface area contributed by atoms with Crippen molar-refractivity contribution in [1.82, 2.24) is 4.90 Å². The SMILES string of the molecule is CO/C=C/[C@@H]1Cc2c(c3ccc(OC)cc3c3cc(OC)c(OC)cc23)CN1C(=O)OC(C)(C)C. The molecule has 0 aromatic heterocycles. The van der Waals surface area contributed by atoms with Crippen molar-refractivity contribution < 1.29 is 28.5 Å². The number of benzene rings is 3. The van der Waals surface area contributed by atoms with Crippen molar-refractivity contribution in [3.05, 3.63) is 53.8 Å². The summed E-state index contributed by atoms with van der Waals surface area (Å²) in [5, 5.41) is 4.17. The second-order valence-corrected chi connectivity index (χ2v) is 9.57. The molecule has 3 aromatic rings. The number of hydrogen-bond acceptors (Lipinski definition) is 6. The van der Waals surface area contributed by atoms with E-state index in [1.54, 1.807) is 39.6 Å².